The summed E-state index contributed by atoms with van der Waals surface area (Å²) in [5.41, 5.74) is 5.51. The van der Waals surface area contributed by atoms with E-state index in [0.717, 1.165) is 12.4 Å². The van der Waals surface area contributed by atoms with E-state index in [1.54, 1.807) is 6.20 Å². The Balaban J connectivity index is 2.85. The number of halogens is 1. The van der Waals surface area contributed by atoms with E-state index >= 15 is 0 Å². The smallest absolute Gasteiger partial charge is 0.147 e. The number of aromatic nitrogens is 1. The van der Waals surface area contributed by atoms with Crippen LogP contribution in [0.2, 0.25) is 5.02 Å². The van der Waals surface area contributed by atoms with Crippen molar-refractivity contribution in [1.29, 1.82) is 0 Å². The summed E-state index contributed by atoms with van der Waals surface area (Å²) >= 11 is 11.0. The molecule has 0 radical (unpaired) electrons. The number of hydrogen-bond donors (Lipinski definition) is 1. The highest BCUT2D eigenvalue weighted by molar-refractivity contribution is 7.80. The minimum absolute atomic E-state index is 0.307. The van der Waals surface area contributed by atoms with Crippen molar-refractivity contribution < 1.29 is 0 Å². The van der Waals surface area contributed by atoms with Crippen LogP contribution in [0.3, 0.4) is 0 Å². The van der Waals surface area contributed by atoms with Gasteiger partial charge in [-0.2, -0.15) is 0 Å². The second-order valence-corrected chi connectivity index (χ2v) is 4.74. The van der Waals surface area contributed by atoms with Crippen LogP contribution in [0, 0.1) is 0 Å². The van der Waals surface area contributed by atoms with Gasteiger partial charge < -0.3 is 10.6 Å². The molecule has 0 aliphatic heterocycles. The SMILES string of the molecule is CC(C)N(CCC(N)=S)c1ncccc1Cl. The van der Waals surface area contributed by atoms with Crippen molar-refractivity contribution in [2.75, 3.05) is 11.4 Å². The predicted octanol–water partition coefficient (Wildman–Crippen LogP) is 2.63. The van der Waals surface area contributed by atoms with Crippen LogP contribution in [0.25, 0.3) is 0 Å². The zero-order valence-corrected chi connectivity index (χ0v) is 11.1. The van der Waals surface area contributed by atoms with Gasteiger partial charge in [-0.05, 0) is 26.0 Å². The third-order valence-corrected chi connectivity index (χ3v) is 2.73. The lowest BCUT2D eigenvalue weighted by Gasteiger charge is -2.28. The molecule has 0 atom stereocenters. The Morgan fingerprint density at radius 2 is 2.31 bits per heavy atom. The molecule has 0 aliphatic carbocycles. The Hall–Kier alpha value is -0.870. The van der Waals surface area contributed by atoms with Gasteiger partial charge in [0.2, 0.25) is 0 Å². The van der Waals surface area contributed by atoms with E-state index in [4.69, 9.17) is 29.6 Å². The third-order valence-electron chi connectivity index (χ3n) is 2.23. The first kappa shape index (κ1) is 13.2. The molecule has 0 fully saturated rings. The summed E-state index contributed by atoms with van der Waals surface area (Å²) in [5, 5.41) is 0.652. The molecule has 0 saturated carbocycles. The Labute approximate surface area is 107 Å². The summed E-state index contributed by atoms with van der Waals surface area (Å²) in [6, 6.07) is 3.96. The second-order valence-electron chi connectivity index (χ2n) is 3.81. The average Bonchev–Trinajstić information content (AvgIpc) is 2.20. The van der Waals surface area contributed by atoms with Gasteiger partial charge in [-0.15, -0.1) is 0 Å². The molecule has 1 aromatic heterocycles. The van der Waals surface area contributed by atoms with Gasteiger partial charge in [0.15, 0.2) is 0 Å². The van der Waals surface area contributed by atoms with Gasteiger partial charge in [-0.25, -0.2) is 4.98 Å². The molecule has 1 rings (SSSR count). The van der Waals surface area contributed by atoms with Gasteiger partial charge in [-0.3, -0.25) is 0 Å². The first-order chi connectivity index (χ1) is 7.52. The van der Waals surface area contributed by atoms with Crippen LogP contribution in [0.15, 0.2) is 18.3 Å². The van der Waals surface area contributed by atoms with Gasteiger partial charge in [-0.1, -0.05) is 23.8 Å². The topological polar surface area (TPSA) is 42.1 Å². The first-order valence-corrected chi connectivity index (χ1v) is 5.96. The van der Waals surface area contributed by atoms with Crippen molar-refractivity contribution in [3.8, 4) is 0 Å². The highest BCUT2D eigenvalue weighted by Crippen LogP contribution is 2.24. The van der Waals surface area contributed by atoms with Crippen LogP contribution in [0.1, 0.15) is 20.3 Å². The fourth-order valence-electron chi connectivity index (χ4n) is 1.43. The van der Waals surface area contributed by atoms with E-state index in [9.17, 15) is 0 Å². The highest BCUT2D eigenvalue weighted by atomic mass is 35.5. The van der Waals surface area contributed by atoms with Crippen LogP contribution in [0.4, 0.5) is 5.82 Å². The molecule has 3 nitrogen and oxygen atoms in total. The molecule has 0 aromatic carbocycles. The fourth-order valence-corrected chi connectivity index (χ4v) is 1.75. The third kappa shape index (κ3) is 3.61. The lowest BCUT2D eigenvalue weighted by atomic mass is 10.2. The fraction of sp³-hybridized carbons (Fsp3) is 0.455. The van der Waals surface area contributed by atoms with Crippen LogP contribution >= 0.6 is 23.8 Å². The molecular weight excluding hydrogens is 242 g/mol. The van der Waals surface area contributed by atoms with Crippen molar-refractivity contribution >= 4 is 34.6 Å². The normalized spacial score (nSPS) is 10.5. The number of anilines is 1. The van der Waals surface area contributed by atoms with Gasteiger partial charge in [0.1, 0.15) is 5.82 Å². The quantitative estimate of drug-likeness (QED) is 0.824. The molecule has 0 amide bonds. The van der Waals surface area contributed by atoms with E-state index in [2.05, 4.69) is 23.7 Å². The molecule has 1 aromatic rings. The number of hydrogen-bond acceptors (Lipinski definition) is 3. The molecule has 16 heavy (non-hydrogen) atoms. The maximum absolute atomic E-state index is 6.11. The maximum Gasteiger partial charge on any atom is 0.147 e. The molecule has 88 valence electrons. The monoisotopic (exact) mass is 257 g/mol. The van der Waals surface area contributed by atoms with Gasteiger partial charge >= 0.3 is 0 Å². The number of nitrogens with two attached hydrogens (primary N) is 1. The zero-order chi connectivity index (χ0) is 12.1. The minimum Gasteiger partial charge on any atom is -0.393 e. The number of nitrogens with zero attached hydrogens (tertiary/aromatic N) is 2. The van der Waals surface area contributed by atoms with Gasteiger partial charge in [0.05, 0.1) is 10.0 Å². The summed E-state index contributed by atoms with van der Waals surface area (Å²) in [4.78, 5) is 6.90. The zero-order valence-electron chi connectivity index (χ0n) is 9.48. The molecule has 0 bridgehead atoms. The van der Waals surface area contributed by atoms with Crippen molar-refractivity contribution in [3.05, 3.63) is 23.4 Å². The van der Waals surface area contributed by atoms with Crippen LogP contribution in [-0.2, 0) is 0 Å². The van der Waals surface area contributed by atoms with Crippen LogP contribution in [-0.4, -0.2) is 22.6 Å². The maximum atomic E-state index is 6.11. The minimum atomic E-state index is 0.307. The van der Waals surface area contributed by atoms with E-state index < -0.39 is 0 Å². The summed E-state index contributed by atoms with van der Waals surface area (Å²) in [7, 11) is 0. The van der Waals surface area contributed by atoms with E-state index in [0.29, 0.717) is 22.5 Å². The number of rotatable bonds is 5. The highest BCUT2D eigenvalue weighted by Gasteiger charge is 2.14. The molecule has 0 aliphatic rings. The van der Waals surface area contributed by atoms with Crippen molar-refractivity contribution in [2.24, 2.45) is 5.73 Å². The van der Waals surface area contributed by atoms with E-state index in [1.807, 2.05) is 12.1 Å². The summed E-state index contributed by atoms with van der Waals surface area (Å²) < 4.78 is 0. The van der Waals surface area contributed by atoms with Crippen molar-refractivity contribution in [1.82, 2.24) is 4.98 Å². The molecule has 5 heteroatoms. The Kier molecular flexibility index (Phi) is 4.96. The standard InChI is InChI=1S/C11H16ClN3S/c1-8(2)15(7-5-10(13)16)11-9(12)4-3-6-14-11/h3-4,6,8H,5,7H2,1-2H3,(H2,13,16). The van der Waals surface area contributed by atoms with Crippen molar-refractivity contribution in [3.63, 3.8) is 0 Å². The Morgan fingerprint density at radius 3 is 2.81 bits per heavy atom. The van der Waals surface area contributed by atoms with Crippen LogP contribution in [0.5, 0.6) is 0 Å². The molecule has 2 N–H and O–H groups in total. The van der Waals surface area contributed by atoms with Crippen molar-refractivity contribution in [2.45, 2.75) is 26.3 Å². The molecule has 1 heterocycles. The molecular formula is C11H16ClN3S. The average molecular weight is 258 g/mol. The summed E-state index contributed by atoms with van der Waals surface area (Å²) in [5.74, 6) is 0.787. The van der Waals surface area contributed by atoms with E-state index in [-0.39, 0.29) is 0 Å². The number of pyridine rings is 1. The van der Waals surface area contributed by atoms with E-state index in [1.165, 1.54) is 0 Å². The Morgan fingerprint density at radius 1 is 1.62 bits per heavy atom. The lowest BCUT2D eigenvalue weighted by molar-refractivity contribution is 0.681. The largest absolute Gasteiger partial charge is 0.393 e. The second kappa shape index (κ2) is 6.01. The molecule has 0 spiro atoms. The molecule has 0 saturated heterocycles. The summed E-state index contributed by atoms with van der Waals surface area (Å²) in [6.07, 6.45) is 2.40. The molecule has 0 unspecified atom stereocenters. The summed E-state index contributed by atoms with van der Waals surface area (Å²) in [6.45, 7) is 4.92. The van der Waals surface area contributed by atoms with Gasteiger partial charge in [0, 0.05) is 25.2 Å². The van der Waals surface area contributed by atoms with Crippen LogP contribution < -0.4 is 10.6 Å². The predicted molar refractivity (Wildman–Crippen MR) is 73.1 cm³/mol. The van der Waals surface area contributed by atoms with Gasteiger partial charge in [0.25, 0.3) is 0 Å². The lowest BCUT2D eigenvalue weighted by Crippen LogP contribution is -2.34. The Bertz CT molecular complexity index is 368. The number of thiocarbonyl (C=S) groups is 1. The first-order valence-electron chi connectivity index (χ1n) is 5.18.